The van der Waals surface area contributed by atoms with Crippen LogP contribution < -0.4 is 14.8 Å². The molecule has 0 radical (unpaired) electrons. The van der Waals surface area contributed by atoms with Gasteiger partial charge < -0.3 is 23.9 Å². The summed E-state index contributed by atoms with van der Waals surface area (Å²) in [5.41, 5.74) is 1.68. The van der Waals surface area contributed by atoms with Crippen molar-refractivity contribution in [1.29, 1.82) is 0 Å². The molecule has 0 saturated carbocycles. The number of halogens is 2. The summed E-state index contributed by atoms with van der Waals surface area (Å²) in [5.74, 6) is 0.0766. The van der Waals surface area contributed by atoms with Crippen molar-refractivity contribution < 1.29 is 33.0 Å². The van der Waals surface area contributed by atoms with Gasteiger partial charge in [-0.25, -0.2) is 9.59 Å². The van der Waals surface area contributed by atoms with Crippen molar-refractivity contribution in [3.05, 3.63) is 85.8 Å². The summed E-state index contributed by atoms with van der Waals surface area (Å²) in [6, 6.07) is 13.6. The Bertz CT molecular complexity index is 1370. The number of rotatable bonds is 9. The standard InChI is InChI=1S/C26H22Br2N2O7/c1-3-35-22-11-16(19(28)12-23(22)36-14-15-4-6-17(27)7-5-15)10-20-24(31)30(26(33)29-20)13-18-8-9-21(37-18)25(32)34-2/h4-12H,3,13-14H2,1-2H3,(H,29,33)/b20-10-. The molecule has 0 aliphatic carbocycles. The molecule has 1 aromatic heterocycles. The summed E-state index contributed by atoms with van der Waals surface area (Å²) in [4.78, 5) is 38.0. The average molecular weight is 634 g/mol. The Balaban J connectivity index is 1.52. The van der Waals surface area contributed by atoms with E-state index in [9.17, 15) is 14.4 Å². The predicted octanol–water partition coefficient (Wildman–Crippen LogP) is 5.66. The van der Waals surface area contributed by atoms with E-state index in [0.717, 1.165) is 14.9 Å². The molecule has 0 bridgehead atoms. The van der Waals surface area contributed by atoms with E-state index in [1.807, 2.05) is 31.2 Å². The van der Waals surface area contributed by atoms with Gasteiger partial charge in [0.2, 0.25) is 5.76 Å². The largest absolute Gasteiger partial charge is 0.490 e. The van der Waals surface area contributed by atoms with E-state index in [-0.39, 0.29) is 23.8 Å². The molecule has 1 aliphatic heterocycles. The van der Waals surface area contributed by atoms with Gasteiger partial charge in [-0.1, -0.05) is 44.0 Å². The fourth-order valence-electron chi connectivity index (χ4n) is 3.48. The van der Waals surface area contributed by atoms with E-state index in [0.29, 0.717) is 34.7 Å². The number of hydrogen-bond acceptors (Lipinski definition) is 7. The summed E-state index contributed by atoms with van der Waals surface area (Å²) in [6.45, 7) is 2.46. The molecule has 0 spiro atoms. The smallest absolute Gasteiger partial charge is 0.373 e. The summed E-state index contributed by atoms with van der Waals surface area (Å²) < 4.78 is 23.4. The van der Waals surface area contributed by atoms with Gasteiger partial charge in [0.05, 0.1) is 20.3 Å². The van der Waals surface area contributed by atoms with Gasteiger partial charge in [0, 0.05) is 8.95 Å². The maximum Gasteiger partial charge on any atom is 0.373 e. The number of imide groups is 1. The lowest BCUT2D eigenvalue weighted by Gasteiger charge is -2.14. The first-order valence-electron chi connectivity index (χ1n) is 11.1. The van der Waals surface area contributed by atoms with Gasteiger partial charge in [-0.2, -0.15) is 0 Å². The van der Waals surface area contributed by atoms with Crippen molar-refractivity contribution in [3.63, 3.8) is 0 Å². The van der Waals surface area contributed by atoms with Crippen molar-refractivity contribution in [3.8, 4) is 11.5 Å². The molecule has 9 nitrogen and oxygen atoms in total. The summed E-state index contributed by atoms with van der Waals surface area (Å²) in [5, 5.41) is 2.58. The molecule has 1 aliphatic rings. The van der Waals surface area contributed by atoms with Crippen LogP contribution in [0.15, 0.2) is 67.6 Å². The molecule has 1 fully saturated rings. The van der Waals surface area contributed by atoms with Crippen LogP contribution in [0.3, 0.4) is 0 Å². The third-order valence-electron chi connectivity index (χ3n) is 5.29. The third kappa shape index (κ3) is 6.23. The summed E-state index contributed by atoms with van der Waals surface area (Å²) in [7, 11) is 1.23. The van der Waals surface area contributed by atoms with Crippen LogP contribution in [0, 0.1) is 0 Å². The number of nitrogens with zero attached hydrogens (tertiary/aromatic N) is 1. The minimum Gasteiger partial charge on any atom is -0.490 e. The molecular formula is C26H22Br2N2O7. The van der Waals surface area contributed by atoms with Crippen LogP contribution in [-0.4, -0.2) is 36.5 Å². The molecule has 0 unspecified atom stereocenters. The molecule has 1 saturated heterocycles. The lowest BCUT2D eigenvalue weighted by molar-refractivity contribution is -0.123. The second-order valence-corrected chi connectivity index (χ2v) is 9.58. The van der Waals surface area contributed by atoms with E-state index >= 15 is 0 Å². The van der Waals surface area contributed by atoms with Gasteiger partial charge in [0.15, 0.2) is 11.5 Å². The van der Waals surface area contributed by atoms with Crippen LogP contribution in [0.5, 0.6) is 11.5 Å². The van der Waals surface area contributed by atoms with Crippen molar-refractivity contribution in [2.45, 2.75) is 20.1 Å². The third-order valence-corrected chi connectivity index (χ3v) is 6.51. The van der Waals surface area contributed by atoms with Gasteiger partial charge in [0.25, 0.3) is 5.91 Å². The Labute approximate surface area is 229 Å². The fraction of sp³-hybridized carbons (Fsp3) is 0.192. The molecule has 4 rings (SSSR count). The zero-order chi connectivity index (χ0) is 26.5. The number of carbonyl (C=O) groups is 3. The SMILES string of the molecule is CCOc1cc(/C=C2\NC(=O)N(Cc3ccc(C(=O)OC)o3)C2=O)c(Br)cc1OCc1ccc(Br)cc1. The van der Waals surface area contributed by atoms with Gasteiger partial charge in [0.1, 0.15) is 18.1 Å². The zero-order valence-corrected chi connectivity index (χ0v) is 23.1. The van der Waals surface area contributed by atoms with Gasteiger partial charge in [-0.3, -0.25) is 9.69 Å². The maximum atomic E-state index is 13.0. The molecule has 0 atom stereocenters. The Morgan fingerprint density at radius 2 is 1.78 bits per heavy atom. The monoisotopic (exact) mass is 632 g/mol. The first-order chi connectivity index (χ1) is 17.8. The van der Waals surface area contributed by atoms with Crippen LogP contribution in [0.4, 0.5) is 4.79 Å². The molecule has 1 N–H and O–H groups in total. The summed E-state index contributed by atoms with van der Waals surface area (Å²) in [6.07, 6.45) is 1.55. The van der Waals surface area contributed by atoms with E-state index in [4.69, 9.17) is 13.9 Å². The Kier molecular flexibility index (Phi) is 8.34. The van der Waals surface area contributed by atoms with Crippen molar-refractivity contribution in [2.75, 3.05) is 13.7 Å². The minimum absolute atomic E-state index is 0.0184. The summed E-state index contributed by atoms with van der Waals surface area (Å²) >= 11 is 6.94. The van der Waals surface area contributed by atoms with Crippen LogP contribution >= 0.6 is 31.9 Å². The van der Waals surface area contributed by atoms with Crippen LogP contribution in [0.25, 0.3) is 6.08 Å². The Morgan fingerprint density at radius 3 is 2.49 bits per heavy atom. The molecule has 37 heavy (non-hydrogen) atoms. The zero-order valence-electron chi connectivity index (χ0n) is 19.9. The fourth-order valence-corrected chi connectivity index (χ4v) is 4.19. The highest BCUT2D eigenvalue weighted by Gasteiger charge is 2.34. The van der Waals surface area contributed by atoms with Crippen LogP contribution in [0.2, 0.25) is 0 Å². The van der Waals surface area contributed by atoms with Crippen LogP contribution in [0.1, 0.15) is 34.4 Å². The van der Waals surface area contributed by atoms with E-state index in [2.05, 4.69) is 41.9 Å². The van der Waals surface area contributed by atoms with Crippen molar-refractivity contribution in [1.82, 2.24) is 10.2 Å². The molecule has 192 valence electrons. The number of methoxy groups -OCH3 is 1. The van der Waals surface area contributed by atoms with E-state index < -0.39 is 17.9 Å². The molecule has 11 heteroatoms. The number of urea groups is 1. The number of esters is 1. The average Bonchev–Trinajstić information content (AvgIpc) is 3.46. The highest BCUT2D eigenvalue weighted by molar-refractivity contribution is 9.10. The highest BCUT2D eigenvalue weighted by Crippen LogP contribution is 2.36. The molecule has 2 heterocycles. The predicted molar refractivity (Wildman–Crippen MR) is 141 cm³/mol. The number of furan rings is 1. The Hall–Kier alpha value is -3.57. The Morgan fingerprint density at radius 1 is 1.05 bits per heavy atom. The lowest BCUT2D eigenvalue weighted by Crippen LogP contribution is -2.30. The molecule has 3 aromatic rings. The number of ether oxygens (including phenoxy) is 3. The number of nitrogens with one attached hydrogen (secondary N) is 1. The molecule has 2 aromatic carbocycles. The van der Waals surface area contributed by atoms with Gasteiger partial charge in [-0.15, -0.1) is 0 Å². The number of benzene rings is 2. The van der Waals surface area contributed by atoms with Crippen molar-refractivity contribution >= 4 is 55.8 Å². The minimum atomic E-state index is -0.650. The number of hydrogen-bond donors (Lipinski definition) is 1. The number of amides is 3. The normalized spacial score (nSPS) is 14.2. The quantitative estimate of drug-likeness (QED) is 0.184. The maximum absolute atomic E-state index is 13.0. The highest BCUT2D eigenvalue weighted by atomic mass is 79.9. The second kappa shape index (κ2) is 11.7. The lowest BCUT2D eigenvalue weighted by atomic mass is 10.1. The molecular weight excluding hydrogens is 612 g/mol. The second-order valence-electron chi connectivity index (χ2n) is 7.81. The number of carbonyl (C=O) groups excluding carboxylic acids is 3. The van der Waals surface area contributed by atoms with Gasteiger partial charge in [-0.05, 0) is 60.5 Å². The van der Waals surface area contributed by atoms with E-state index in [1.165, 1.54) is 19.2 Å². The first kappa shape index (κ1) is 26.5. The topological polar surface area (TPSA) is 107 Å². The van der Waals surface area contributed by atoms with E-state index in [1.54, 1.807) is 18.2 Å². The molecule has 3 amide bonds. The van der Waals surface area contributed by atoms with Crippen LogP contribution in [-0.2, 0) is 22.7 Å². The van der Waals surface area contributed by atoms with Gasteiger partial charge >= 0.3 is 12.0 Å². The first-order valence-corrected chi connectivity index (χ1v) is 12.7. The van der Waals surface area contributed by atoms with Crippen molar-refractivity contribution in [2.24, 2.45) is 0 Å².